The number of halogens is 1. The van der Waals surface area contributed by atoms with Crippen molar-refractivity contribution in [2.75, 3.05) is 13.7 Å². The van der Waals surface area contributed by atoms with Crippen molar-refractivity contribution in [1.29, 1.82) is 0 Å². The van der Waals surface area contributed by atoms with Gasteiger partial charge in [0.15, 0.2) is 0 Å². The van der Waals surface area contributed by atoms with Crippen LogP contribution in [-0.4, -0.2) is 34.4 Å². The number of benzene rings is 2. The van der Waals surface area contributed by atoms with E-state index in [4.69, 9.17) is 4.74 Å². The molecule has 0 aliphatic carbocycles. The van der Waals surface area contributed by atoms with Crippen molar-refractivity contribution in [2.24, 2.45) is 0 Å². The Morgan fingerprint density at radius 2 is 2.04 bits per heavy atom. The Morgan fingerprint density at radius 1 is 1.27 bits per heavy atom. The molecule has 2 aromatic carbocycles. The summed E-state index contributed by atoms with van der Waals surface area (Å²) in [7, 11) is 1.42. The minimum absolute atomic E-state index is 0.0923. The zero-order chi connectivity index (χ0) is 18.7. The summed E-state index contributed by atoms with van der Waals surface area (Å²) in [6.07, 6.45) is 0. The normalized spacial score (nSPS) is 10.7. The van der Waals surface area contributed by atoms with Gasteiger partial charge in [0.05, 0.1) is 30.1 Å². The fourth-order valence-corrected chi connectivity index (χ4v) is 2.74. The number of methoxy groups -OCH3 is 1. The third-order valence-electron chi connectivity index (χ3n) is 4.06. The number of carbonyl (C=O) groups is 1. The van der Waals surface area contributed by atoms with Gasteiger partial charge in [-0.1, -0.05) is 12.1 Å². The number of aromatic amines is 1. The molecule has 0 radical (unpaired) electrons. The molecule has 0 fully saturated rings. The Hall–Kier alpha value is -3.22. The molecule has 0 spiro atoms. The molecule has 0 aliphatic rings. The van der Waals surface area contributed by atoms with Crippen LogP contribution in [0.25, 0.3) is 10.9 Å². The maximum Gasteiger partial charge on any atom is 0.258 e. The monoisotopic (exact) mass is 355 g/mol. The number of nitrogens with zero attached hydrogens (tertiary/aromatic N) is 2. The molecule has 0 atom stereocenters. The molecular weight excluding hydrogens is 337 g/mol. The predicted molar refractivity (Wildman–Crippen MR) is 95.7 cm³/mol. The summed E-state index contributed by atoms with van der Waals surface area (Å²) in [4.78, 5) is 33.6. The van der Waals surface area contributed by atoms with Gasteiger partial charge in [0.1, 0.15) is 17.4 Å². The number of nitrogens with one attached hydrogen (secondary N) is 1. The summed E-state index contributed by atoms with van der Waals surface area (Å²) in [5, 5.41) is 0.484. The fourth-order valence-electron chi connectivity index (χ4n) is 2.74. The molecule has 134 valence electrons. The lowest BCUT2D eigenvalue weighted by Crippen LogP contribution is -2.32. The summed E-state index contributed by atoms with van der Waals surface area (Å²) in [6, 6.07) is 10.8. The highest BCUT2D eigenvalue weighted by Crippen LogP contribution is 2.21. The molecule has 1 N–H and O–H groups in total. The molecule has 0 aliphatic heterocycles. The van der Waals surface area contributed by atoms with E-state index < -0.39 is 11.7 Å². The lowest BCUT2D eigenvalue weighted by molar-refractivity contribution is 0.0744. The van der Waals surface area contributed by atoms with Crippen LogP contribution in [0, 0.1) is 5.82 Å². The van der Waals surface area contributed by atoms with Crippen LogP contribution in [0.5, 0.6) is 5.75 Å². The highest BCUT2D eigenvalue weighted by atomic mass is 19.1. The molecular formula is C19H18FN3O3. The largest absolute Gasteiger partial charge is 0.496 e. The van der Waals surface area contributed by atoms with Gasteiger partial charge in [0.25, 0.3) is 11.5 Å². The van der Waals surface area contributed by atoms with Crippen LogP contribution in [0.4, 0.5) is 4.39 Å². The Bertz CT molecular complexity index is 1020. The molecule has 1 amide bonds. The van der Waals surface area contributed by atoms with Gasteiger partial charge in [0, 0.05) is 6.54 Å². The number of rotatable bonds is 5. The average Bonchev–Trinajstić information content (AvgIpc) is 2.65. The van der Waals surface area contributed by atoms with Gasteiger partial charge in [-0.25, -0.2) is 9.37 Å². The average molecular weight is 355 g/mol. The van der Waals surface area contributed by atoms with E-state index in [1.54, 1.807) is 31.2 Å². The standard InChI is InChI=1S/C19H18FN3O3/c1-3-23(19(25)14-10-12(20)8-9-16(14)26-2)11-17-21-15-7-5-4-6-13(15)18(24)22-17/h4-10H,3,11H2,1-2H3,(H,21,22,24). The zero-order valence-electron chi connectivity index (χ0n) is 14.5. The van der Waals surface area contributed by atoms with E-state index in [1.807, 2.05) is 0 Å². The van der Waals surface area contributed by atoms with E-state index in [9.17, 15) is 14.0 Å². The summed E-state index contributed by atoms with van der Waals surface area (Å²) >= 11 is 0. The van der Waals surface area contributed by atoms with Gasteiger partial charge < -0.3 is 14.6 Å². The van der Waals surface area contributed by atoms with E-state index >= 15 is 0 Å². The van der Waals surface area contributed by atoms with Crippen LogP contribution in [0.15, 0.2) is 47.3 Å². The van der Waals surface area contributed by atoms with Crippen molar-refractivity contribution in [3.8, 4) is 5.75 Å². The van der Waals surface area contributed by atoms with Crippen LogP contribution in [0.1, 0.15) is 23.1 Å². The van der Waals surface area contributed by atoms with Gasteiger partial charge >= 0.3 is 0 Å². The SMILES string of the molecule is CCN(Cc1nc2ccccc2c(=O)[nH]1)C(=O)c1cc(F)ccc1OC. The highest BCUT2D eigenvalue weighted by Gasteiger charge is 2.20. The van der Waals surface area contributed by atoms with Gasteiger partial charge in [0.2, 0.25) is 0 Å². The van der Waals surface area contributed by atoms with Crippen molar-refractivity contribution in [1.82, 2.24) is 14.9 Å². The first-order chi connectivity index (χ1) is 12.5. The van der Waals surface area contributed by atoms with Crippen LogP contribution in [-0.2, 0) is 6.54 Å². The van der Waals surface area contributed by atoms with Crippen LogP contribution >= 0.6 is 0 Å². The molecule has 7 heteroatoms. The molecule has 0 bridgehead atoms. The first-order valence-corrected chi connectivity index (χ1v) is 8.14. The summed E-state index contributed by atoms with van der Waals surface area (Å²) in [5.74, 6) is -0.281. The second kappa shape index (κ2) is 7.35. The number of carbonyl (C=O) groups excluding carboxylic acids is 1. The molecule has 1 aromatic heterocycles. The van der Waals surface area contributed by atoms with Crippen molar-refractivity contribution >= 4 is 16.8 Å². The highest BCUT2D eigenvalue weighted by molar-refractivity contribution is 5.97. The first kappa shape index (κ1) is 17.6. The number of aromatic nitrogens is 2. The molecule has 6 nitrogen and oxygen atoms in total. The molecule has 3 aromatic rings. The quantitative estimate of drug-likeness (QED) is 0.764. The maximum atomic E-state index is 13.6. The Labute approximate surface area is 149 Å². The number of H-pyrrole nitrogens is 1. The lowest BCUT2D eigenvalue weighted by Gasteiger charge is -2.21. The predicted octanol–water partition coefficient (Wildman–Crippen LogP) is 2.73. The summed E-state index contributed by atoms with van der Waals surface area (Å²) in [6.45, 7) is 2.24. The second-order valence-corrected chi connectivity index (χ2v) is 5.69. The second-order valence-electron chi connectivity index (χ2n) is 5.69. The molecule has 0 saturated carbocycles. The van der Waals surface area contributed by atoms with Gasteiger partial charge in [-0.15, -0.1) is 0 Å². The van der Waals surface area contributed by atoms with E-state index in [0.29, 0.717) is 23.3 Å². The number of fused-ring (bicyclic) bond motifs is 1. The third-order valence-corrected chi connectivity index (χ3v) is 4.06. The van der Waals surface area contributed by atoms with Gasteiger partial charge in [-0.05, 0) is 37.3 Å². The minimum Gasteiger partial charge on any atom is -0.496 e. The number of para-hydroxylation sites is 1. The molecule has 26 heavy (non-hydrogen) atoms. The first-order valence-electron chi connectivity index (χ1n) is 8.14. The van der Waals surface area contributed by atoms with Crippen LogP contribution in [0.3, 0.4) is 0 Å². The fraction of sp³-hybridized carbons (Fsp3) is 0.211. The third kappa shape index (κ3) is 3.42. The van der Waals surface area contributed by atoms with E-state index in [1.165, 1.54) is 24.1 Å². The van der Waals surface area contributed by atoms with Crippen LogP contribution < -0.4 is 10.3 Å². The van der Waals surface area contributed by atoms with E-state index in [-0.39, 0.29) is 23.4 Å². The van der Waals surface area contributed by atoms with Crippen molar-refractivity contribution in [3.63, 3.8) is 0 Å². The number of hydrogen-bond acceptors (Lipinski definition) is 4. The van der Waals surface area contributed by atoms with Crippen LogP contribution in [0.2, 0.25) is 0 Å². The summed E-state index contributed by atoms with van der Waals surface area (Å²) < 4.78 is 18.7. The Kier molecular flexibility index (Phi) is 4.97. The van der Waals surface area contributed by atoms with E-state index in [0.717, 1.165) is 6.07 Å². The smallest absolute Gasteiger partial charge is 0.258 e. The Balaban J connectivity index is 1.94. The molecule has 0 saturated heterocycles. The topological polar surface area (TPSA) is 75.3 Å². The number of ether oxygens (including phenoxy) is 1. The summed E-state index contributed by atoms with van der Waals surface area (Å²) in [5.41, 5.74) is 0.410. The zero-order valence-corrected chi connectivity index (χ0v) is 14.5. The van der Waals surface area contributed by atoms with Gasteiger partial charge in [-0.2, -0.15) is 0 Å². The molecule has 1 heterocycles. The number of hydrogen-bond donors (Lipinski definition) is 1. The van der Waals surface area contributed by atoms with Crippen molar-refractivity contribution in [3.05, 3.63) is 70.0 Å². The minimum atomic E-state index is -0.526. The van der Waals surface area contributed by atoms with E-state index in [2.05, 4.69) is 9.97 Å². The van der Waals surface area contributed by atoms with Crippen molar-refractivity contribution in [2.45, 2.75) is 13.5 Å². The Morgan fingerprint density at radius 3 is 2.77 bits per heavy atom. The maximum absolute atomic E-state index is 13.6. The molecule has 0 unspecified atom stereocenters. The van der Waals surface area contributed by atoms with Crippen molar-refractivity contribution < 1.29 is 13.9 Å². The van der Waals surface area contributed by atoms with Gasteiger partial charge in [-0.3, -0.25) is 9.59 Å². The number of amides is 1. The molecule has 3 rings (SSSR count). The lowest BCUT2D eigenvalue weighted by atomic mass is 10.1.